The summed E-state index contributed by atoms with van der Waals surface area (Å²) in [7, 11) is 0. The Hall–Kier alpha value is -5.07. The van der Waals surface area contributed by atoms with E-state index >= 15 is 0 Å². The van der Waals surface area contributed by atoms with Gasteiger partial charge >= 0.3 is 0 Å². The SMILES string of the molecule is N#Cc1ccc2cc(-c3ccc(-c4cc(-c5ccc(C67CC8CC(CC(C8)C6)C7)cc5)nc(-c5ccccc5)n4)cc3)ccc2c1. The van der Waals surface area contributed by atoms with E-state index in [9.17, 15) is 5.26 Å². The van der Waals surface area contributed by atoms with E-state index in [4.69, 9.17) is 9.97 Å². The summed E-state index contributed by atoms with van der Waals surface area (Å²) < 4.78 is 0. The first-order valence-electron chi connectivity index (χ1n) is 16.7. The second-order valence-corrected chi connectivity index (χ2v) is 14.1. The number of nitrogens with zero attached hydrogens (tertiary/aromatic N) is 3. The zero-order valence-electron chi connectivity index (χ0n) is 25.9. The minimum atomic E-state index is 0.395. The Kier molecular flexibility index (Phi) is 6.39. The first kappa shape index (κ1) is 27.3. The first-order valence-corrected chi connectivity index (χ1v) is 16.7. The molecule has 4 bridgehead atoms. The summed E-state index contributed by atoms with van der Waals surface area (Å²) in [6, 6.07) is 45.0. The third kappa shape index (κ3) is 4.81. The van der Waals surface area contributed by atoms with Gasteiger partial charge in [-0.15, -0.1) is 0 Å². The minimum Gasteiger partial charge on any atom is -0.228 e. The molecule has 3 nitrogen and oxygen atoms in total. The van der Waals surface area contributed by atoms with Crippen molar-refractivity contribution in [1.82, 2.24) is 9.97 Å². The molecule has 4 fully saturated rings. The summed E-state index contributed by atoms with van der Waals surface area (Å²) in [6.07, 6.45) is 8.55. The highest BCUT2D eigenvalue weighted by atomic mass is 14.9. The molecule has 6 aromatic rings. The van der Waals surface area contributed by atoms with Gasteiger partial charge in [0.25, 0.3) is 0 Å². The zero-order chi connectivity index (χ0) is 30.7. The molecule has 4 aliphatic rings. The van der Waals surface area contributed by atoms with Crippen LogP contribution in [0.2, 0.25) is 0 Å². The van der Waals surface area contributed by atoms with Gasteiger partial charge in [0.15, 0.2) is 5.82 Å². The lowest BCUT2D eigenvalue weighted by Crippen LogP contribution is -2.48. The summed E-state index contributed by atoms with van der Waals surface area (Å²) in [5.74, 6) is 3.56. The summed E-state index contributed by atoms with van der Waals surface area (Å²) in [5.41, 5.74) is 10.0. The minimum absolute atomic E-state index is 0.395. The monoisotopic (exact) mass is 593 g/mol. The number of hydrogen-bond acceptors (Lipinski definition) is 3. The Morgan fingerprint density at radius 2 is 1.07 bits per heavy atom. The topological polar surface area (TPSA) is 49.6 Å². The molecule has 4 saturated carbocycles. The average molecular weight is 594 g/mol. The first-order chi connectivity index (χ1) is 22.6. The maximum absolute atomic E-state index is 9.25. The summed E-state index contributed by atoms with van der Waals surface area (Å²) in [4.78, 5) is 10.2. The van der Waals surface area contributed by atoms with Crippen molar-refractivity contribution in [3.63, 3.8) is 0 Å². The van der Waals surface area contributed by atoms with E-state index in [2.05, 4.69) is 91.0 Å². The van der Waals surface area contributed by atoms with E-state index in [1.165, 1.54) is 38.5 Å². The molecule has 0 atom stereocenters. The van der Waals surface area contributed by atoms with Crippen LogP contribution in [0.15, 0.2) is 121 Å². The number of nitriles is 1. The predicted octanol–water partition coefficient (Wildman–Crippen LogP) is 10.6. The fourth-order valence-electron chi connectivity index (χ4n) is 9.25. The van der Waals surface area contributed by atoms with Crippen molar-refractivity contribution in [3.05, 3.63) is 132 Å². The molecule has 0 aliphatic heterocycles. The molecule has 0 saturated heterocycles. The van der Waals surface area contributed by atoms with E-state index in [1.54, 1.807) is 5.56 Å². The molecule has 0 radical (unpaired) electrons. The molecular formula is C43H35N3. The summed E-state index contributed by atoms with van der Waals surface area (Å²) in [6.45, 7) is 0. The molecule has 0 spiro atoms. The molecule has 10 rings (SSSR count). The standard InChI is InChI=1S/C43H35N3/c44-27-28-6-7-38-22-37(13-12-36(38)21-28)32-8-10-33(11-9-32)40-23-41(46-42(45-40)35-4-2-1-3-5-35)34-14-16-39(17-15-34)43-24-29-18-30(25-43)20-31(19-29)26-43/h1-17,21-23,29-31H,18-20,24-26H2. The molecule has 0 N–H and O–H groups in total. The van der Waals surface area contributed by atoms with Gasteiger partial charge in [-0.25, -0.2) is 9.97 Å². The van der Waals surface area contributed by atoms with Crippen molar-refractivity contribution in [3.8, 4) is 51.1 Å². The highest BCUT2D eigenvalue weighted by molar-refractivity contribution is 5.88. The van der Waals surface area contributed by atoms with Gasteiger partial charge in [0.1, 0.15) is 0 Å². The molecule has 1 aromatic heterocycles. The maximum atomic E-state index is 9.25. The third-order valence-corrected chi connectivity index (χ3v) is 11.1. The largest absolute Gasteiger partial charge is 0.228 e. The van der Waals surface area contributed by atoms with Crippen LogP contribution in [0.1, 0.15) is 49.7 Å². The average Bonchev–Trinajstić information content (AvgIpc) is 3.11. The lowest BCUT2D eigenvalue weighted by atomic mass is 9.48. The normalized spacial score (nSPS) is 23.0. The van der Waals surface area contributed by atoms with E-state index in [-0.39, 0.29) is 0 Å². The van der Waals surface area contributed by atoms with Crippen LogP contribution in [0.25, 0.3) is 55.8 Å². The lowest BCUT2D eigenvalue weighted by molar-refractivity contribution is -0.00518. The highest BCUT2D eigenvalue weighted by Gasteiger charge is 2.51. The number of hydrogen-bond donors (Lipinski definition) is 0. The smallest absolute Gasteiger partial charge is 0.160 e. The molecule has 3 heteroatoms. The van der Waals surface area contributed by atoms with Crippen LogP contribution in [0.5, 0.6) is 0 Å². The Bertz CT molecular complexity index is 2090. The Morgan fingerprint density at radius 1 is 0.522 bits per heavy atom. The lowest BCUT2D eigenvalue weighted by Gasteiger charge is -2.57. The fourth-order valence-corrected chi connectivity index (χ4v) is 9.25. The Labute approximate surface area is 270 Å². The van der Waals surface area contributed by atoms with Crippen LogP contribution in [-0.4, -0.2) is 9.97 Å². The number of fused-ring (bicyclic) bond motifs is 1. The van der Waals surface area contributed by atoms with Gasteiger partial charge in [-0.2, -0.15) is 5.26 Å². The van der Waals surface area contributed by atoms with Gasteiger partial charge in [0.2, 0.25) is 0 Å². The van der Waals surface area contributed by atoms with Gasteiger partial charge in [-0.1, -0.05) is 97.1 Å². The molecular weight excluding hydrogens is 558 g/mol. The van der Waals surface area contributed by atoms with E-state index in [0.717, 1.165) is 73.6 Å². The number of rotatable bonds is 5. The predicted molar refractivity (Wildman–Crippen MR) is 186 cm³/mol. The Morgan fingerprint density at radius 3 is 1.70 bits per heavy atom. The molecule has 1 heterocycles. The zero-order valence-corrected chi connectivity index (χ0v) is 25.9. The van der Waals surface area contributed by atoms with Crippen molar-refractivity contribution in [1.29, 1.82) is 5.26 Å². The van der Waals surface area contributed by atoms with Crippen LogP contribution < -0.4 is 0 Å². The van der Waals surface area contributed by atoms with Crippen molar-refractivity contribution in [2.45, 2.75) is 43.9 Å². The summed E-state index contributed by atoms with van der Waals surface area (Å²) in [5, 5.41) is 11.5. The molecule has 5 aromatic carbocycles. The highest BCUT2D eigenvalue weighted by Crippen LogP contribution is 2.60. The quantitative estimate of drug-likeness (QED) is 0.200. The molecule has 46 heavy (non-hydrogen) atoms. The third-order valence-electron chi connectivity index (χ3n) is 11.1. The van der Waals surface area contributed by atoms with Crippen molar-refractivity contribution < 1.29 is 0 Å². The van der Waals surface area contributed by atoms with Crippen LogP contribution in [0.3, 0.4) is 0 Å². The molecule has 0 unspecified atom stereocenters. The van der Waals surface area contributed by atoms with Crippen molar-refractivity contribution in [2.24, 2.45) is 17.8 Å². The maximum Gasteiger partial charge on any atom is 0.160 e. The summed E-state index contributed by atoms with van der Waals surface area (Å²) >= 11 is 0. The van der Waals surface area contributed by atoms with Crippen molar-refractivity contribution >= 4 is 10.8 Å². The van der Waals surface area contributed by atoms with Crippen LogP contribution in [0.4, 0.5) is 0 Å². The molecule has 4 aliphatic carbocycles. The van der Waals surface area contributed by atoms with Crippen LogP contribution >= 0.6 is 0 Å². The van der Waals surface area contributed by atoms with Crippen LogP contribution in [-0.2, 0) is 5.41 Å². The van der Waals surface area contributed by atoms with E-state index in [1.807, 2.05) is 36.4 Å². The molecule has 222 valence electrons. The number of aromatic nitrogens is 2. The number of benzene rings is 5. The van der Waals surface area contributed by atoms with Crippen molar-refractivity contribution in [2.75, 3.05) is 0 Å². The van der Waals surface area contributed by atoms with E-state index < -0.39 is 0 Å². The molecule has 0 amide bonds. The van der Waals surface area contributed by atoms with Gasteiger partial charge < -0.3 is 0 Å². The fraction of sp³-hybridized carbons (Fsp3) is 0.233. The van der Waals surface area contributed by atoms with Gasteiger partial charge in [-0.3, -0.25) is 0 Å². The van der Waals surface area contributed by atoms with Gasteiger partial charge in [0, 0.05) is 16.7 Å². The Balaban J connectivity index is 1.06. The second kappa shape index (κ2) is 10.8. The van der Waals surface area contributed by atoms with Crippen LogP contribution in [0, 0.1) is 29.1 Å². The van der Waals surface area contributed by atoms with Gasteiger partial charge in [0.05, 0.1) is 23.0 Å². The second-order valence-electron chi connectivity index (χ2n) is 14.1. The van der Waals surface area contributed by atoms with Gasteiger partial charge in [-0.05, 0) is 113 Å². The van der Waals surface area contributed by atoms with E-state index in [0.29, 0.717) is 11.0 Å².